The molecule has 0 aliphatic carbocycles. The Morgan fingerprint density at radius 1 is 1.40 bits per heavy atom. The SMILES string of the molecule is CC(C)NCC1CCCN(C)C1c1cc(F)cc(Cl)c1. The van der Waals surface area contributed by atoms with Gasteiger partial charge in [-0.15, -0.1) is 0 Å². The molecular formula is C16H24ClFN2. The molecule has 0 bridgehead atoms. The predicted octanol–water partition coefficient (Wildman–Crippen LogP) is 3.86. The van der Waals surface area contributed by atoms with Gasteiger partial charge in [-0.3, -0.25) is 4.90 Å². The Labute approximate surface area is 126 Å². The monoisotopic (exact) mass is 298 g/mol. The lowest BCUT2D eigenvalue weighted by Crippen LogP contribution is -2.41. The molecule has 2 rings (SSSR count). The van der Waals surface area contributed by atoms with Gasteiger partial charge in [0.05, 0.1) is 0 Å². The van der Waals surface area contributed by atoms with Crippen molar-refractivity contribution in [1.82, 2.24) is 10.2 Å². The molecule has 0 amide bonds. The van der Waals surface area contributed by atoms with Gasteiger partial charge in [0.2, 0.25) is 0 Å². The van der Waals surface area contributed by atoms with Gasteiger partial charge >= 0.3 is 0 Å². The number of benzene rings is 1. The fourth-order valence-electron chi connectivity index (χ4n) is 3.13. The normalized spacial score (nSPS) is 24.3. The van der Waals surface area contributed by atoms with Gasteiger partial charge in [0.1, 0.15) is 5.82 Å². The third-order valence-corrected chi connectivity index (χ3v) is 4.24. The van der Waals surface area contributed by atoms with E-state index in [0.29, 0.717) is 17.0 Å². The molecule has 1 saturated heterocycles. The highest BCUT2D eigenvalue weighted by Gasteiger charge is 2.30. The molecule has 1 aromatic rings. The first kappa shape index (κ1) is 15.7. The minimum absolute atomic E-state index is 0.239. The molecule has 1 N–H and O–H groups in total. The van der Waals surface area contributed by atoms with Crippen LogP contribution in [0.4, 0.5) is 4.39 Å². The van der Waals surface area contributed by atoms with E-state index in [2.05, 4.69) is 31.1 Å². The smallest absolute Gasteiger partial charge is 0.125 e. The van der Waals surface area contributed by atoms with Crippen LogP contribution in [-0.2, 0) is 0 Å². The molecule has 1 fully saturated rings. The van der Waals surface area contributed by atoms with Crippen LogP contribution in [0.3, 0.4) is 0 Å². The number of likely N-dealkylation sites (tertiary alicyclic amines) is 1. The molecular weight excluding hydrogens is 275 g/mol. The quantitative estimate of drug-likeness (QED) is 0.908. The topological polar surface area (TPSA) is 15.3 Å². The summed E-state index contributed by atoms with van der Waals surface area (Å²) >= 11 is 6.02. The van der Waals surface area contributed by atoms with Crippen LogP contribution in [0.15, 0.2) is 18.2 Å². The zero-order chi connectivity index (χ0) is 14.7. The van der Waals surface area contributed by atoms with Crippen molar-refractivity contribution < 1.29 is 4.39 Å². The molecule has 2 nitrogen and oxygen atoms in total. The van der Waals surface area contributed by atoms with E-state index in [4.69, 9.17) is 11.6 Å². The Hall–Kier alpha value is -0.640. The summed E-state index contributed by atoms with van der Waals surface area (Å²) in [6, 6.07) is 5.61. The van der Waals surface area contributed by atoms with Gasteiger partial charge < -0.3 is 5.32 Å². The van der Waals surface area contributed by atoms with E-state index in [1.165, 1.54) is 18.9 Å². The number of nitrogens with zero attached hydrogens (tertiary/aromatic N) is 1. The van der Waals surface area contributed by atoms with E-state index in [0.717, 1.165) is 18.7 Å². The largest absolute Gasteiger partial charge is 0.314 e. The minimum atomic E-state index is -0.248. The zero-order valence-corrected chi connectivity index (χ0v) is 13.3. The summed E-state index contributed by atoms with van der Waals surface area (Å²) in [6.45, 7) is 6.32. The predicted molar refractivity (Wildman–Crippen MR) is 82.6 cm³/mol. The molecule has 0 saturated carbocycles. The van der Waals surface area contributed by atoms with Gasteiger partial charge in [0, 0.05) is 23.7 Å². The first-order valence-corrected chi connectivity index (χ1v) is 7.75. The lowest BCUT2D eigenvalue weighted by molar-refractivity contribution is 0.118. The maximum atomic E-state index is 13.6. The molecule has 20 heavy (non-hydrogen) atoms. The molecule has 2 atom stereocenters. The van der Waals surface area contributed by atoms with Gasteiger partial charge in [0.25, 0.3) is 0 Å². The van der Waals surface area contributed by atoms with Crippen molar-refractivity contribution >= 4 is 11.6 Å². The third-order valence-electron chi connectivity index (χ3n) is 4.02. The van der Waals surface area contributed by atoms with Crippen molar-refractivity contribution in [3.8, 4) is 0 Å². The molecule has 1 aliphatic heterocycles. The van der Waals surface area contributed by atoms with E-state index in [1.54, 1.807) is 6.07 Å². The Balaban J connectivity index is 2.22. The molecule has 1 heterocycles. The van der Waals surface area contributed by atoms with E-state index >= 15 is 0 Å². The van der Waals surface area contributed by atoms with E-state index < -0.39 is 0 Å². The highest BCUT2D eigenvalue weighted by atomic mass is 35.5. The maximum Gasteiger partial charge on any atom is 0.125 e. The maximum absolute atomic E-state index is 13.6. The van der Waals surface area contributed by atoms with Crippen molar-refractivity contribution in [3.63, 3.8) is 0 Å². The highest BCUT2D eigenvalue weighted by Crippen LogP contribution is 2.36. The molecule has 2 unspecified atom stereocenters. The summed E-state index contributed by atoms with van der Waals surface area (Å²) in [4.78, 5) is 2.32. The van der Waals surface area contributed by atoms with Crippen LogP contribution >= 0.6 is 11.6 Å². The molecule has 0 aromatic heterocycles. The summed E-state index contributed by atoms with van der Waals surface area (Å²) in [7, 11) is 2.12. The first-order chi connectivity index (χ1) is 9.47. The zero-order valence-electron chi connectivity index (χ0n) is 12.5. The van der Waals surface area contributed by atoms with Gasteiger partial charge in [0.15, 0.2) is 0 Å². The summed E-state index contributed by atoms with van der Waals surface area (Å²) in [5, 5.41) is 3.99. The molecule has 0 spiro atoms. The second kappa shape index (κ2) is 6.88. The number of piperidine rings is 1. The van der Waals surface area contributed by atoms with Gasteiger partial charge in [-0.25, -0.2) is 4.39 Å². The third kappa shape index (κ3) is 3.94. The number of hydrogen-bond acceptors (Lipinski definition) is 2. The van der Waals surface area contributed by atoms with Gasteiger partial charge in [-0.2, -0.15) is 0 Å². The summed E-state index contributed by atoms with van der Waals surface area (Å²) in [5.74, 6) is 0.246. The van der Waals surface area contributed by atoms with Crippen LogP contribution in [0, 0.1) is 11.7 Å². The summed E-state index contributed by atoms with van der Waals surface area (Å²) < 4.78 is 13.6. The lowest BCUT2D eigenvalue weighted by Gasteiger charge is -2.40. The van der Waals surface area contributed by atoms with Crippen LogP contribution in [0.2, 0.25) is 5.02 Å². The Morgan fingerprint density at radius 2 is 2.15 bits per heavy atom. The molecule has 1 aliphatic rings. The fourth-order valence-corrected chi connectivity index (χ4v) is 3.36. The average molecular weight is 299 g/mol. The van der Waals surface area contributed by atoms with Crippen molar-refractivity contribution in [1.29, 1.82) is 0 Å². The average Bonchev–Trinajstić information content (AvgIpc) is 2.35. The van der Waals surface area contributed by atoms with Crippen LogP contribution in [0.1, 0.15) is 38.3 Å². The number of halogens is 2. The number of hydrogen-bond donors (Lipinski definition) is 1. The lowest BCUT2D eigenvalue weighted by atomic mass is 9.84. The highest BCUT2D eigenvalue weighted by molar-refractivity contribution is 6.30. The van der Waals surface area contributed by atoms with Crippen LogP contribution < -0.4 is 5.32 Å². The Kier molecular flexibility index (Phi) is 5.42. The summed E-state index contributed by atoms with van der Waals surface area (Å²) in [5.41, 5.74) is 0.993. The first-order valence-electron chi connectivity index (χ1n) is 7.37. The Bertz CT molecular complexity index is 430. The summed E-state index contributed by atoms with van der Waals surface area (Å²) in [6.07, 6.45) is 2.36. The van der Waals surface area contributed by atoms with Gasteiger partial charge in [-0.05, 0) is 56.1 Å². The van der Waals surface area contributed by atoms with E-state index in [9.17, 15) is 4.39 Å². The Morgan fingerprint density at radius 3 is 2.80 bits per heavy atom. The fraction of sp³-hybridized carbons (Fsp3) is 0.625. The van der Waals surface area contributed by atoms with E-state index in [-0.39, 0.29) is 11.9 Å². The molecule has 112 valence electrons. The van der Waals surface area contributed by atoms with Crippen LogP contribution in [0.5, 0.6) is 0 Å². The van der Waals surface area contributed by atoms with E-state index in [1.807, 2.05) is 6.07 Å². The molecule has 0 radical (unpaired) electrons. The van der Waals surface area contributed by atoms with Crippen molar-refractivity contribution in [3.05, 3.63) is 34.6 Å². The second-order valence-corrected chi connectivity index (χ2v) is 6.53. The van der Waals surface area contributed by atoms with Crippen LogP contribution in [0.25, 0.3) is 0 Å². The van der Waals surface area contributed by atoms with Gasteiger partial charge in [-0.1, -0.05) is 25.4 Å². The molecule has 4 heteroatoms. The van der Waals surface area contributed by atoms with Crippen molar-refractivity contribution in [2.45, 2.75) is 38.8 Å². The molecule has 1 aromatic carbocycles. The standard InChI is InChI=1S/C16H24ClFN2/c1-11(2)19-10-12-5-4-6-20(3)16(12)13-7-14(17)9-15(18)8-13/h7-9,11-12,16,19H,4-6,10H2,1-3H3. The second-order valence-electron chi connectivity index (χ2n) is 6.09. The number of rotatable bonds is 4. The van der Waals surface area contributed by atoms with Crippen molar-refractivity contribution in [2.75, 3.05) is 20.1 Å². The minimum Gasteiger partial charge on any atom is -0.314 e. The number of nitrogens with one attached hydrogen (secondary N) is 1. The van der Waals surface area contributed by atoms with Crippen molar-refractivity contribution in [2.24, 2.45) is 5.92 Å². The van der Waals surface area contributed by atoms with Crippen LogP contribution in [-0.4, -0.2) is 31.1 Å².